The van der Waals surface area contributed by atoms with Crippen molar-refractivity contribution in [2.24, 2.45) is 5.92 Å². The number of likely N-dealkylation sites (tertiary alicyclic amines) is 1. The third-order valence-electron chi connectivity index (χ3n) is 14.5. The molecule has 4 saturated heterocycles. The van der Waals surface area contributed by atoms with Crippen LogP contribution in [0.25, 0.3) is 6.08 Å². The van der Waals surface area contributed by atoms with Gasteiger partial charge in [0.05, 0.1) is 64.0 Å². The molecule has 7 heterocycles. The molecule has 1 aromatic carbocycles. The highest BCUT2D eigenvalue weighted by Crippen LogP contribution is 2.34. The summed E-state index contributed by atoms with van der Waals surface area (Å²) in [5.41, 5.74) is 1.86. The number of pyridine rings is 1. The van der Waals surface area contributed by atoms with Gasteiger partial charge in [-0.25, -0.2) is 0 Å². The Morgan fingerprint density at radius 2 is 1.48 bits per heavy atom. The summed E-state index contributed by atoms with van der Waals surface area (Å²) < 4.78 is 22.9. The second-order valence-electron chi connectivity index (χ2n) is 19.4. The first-order valence-electron chi connectivity index (χ1n) is 26.7. The van der Waals surface area contributed by atoms with Gasteiger partial charge < -0.3 is 34.1 Å². The number of nitrogens with one attached hydrogen (secondary N) is 2. The van der Waals surface area contributed by atoms with E-state index in [1.165, 1.54) is 11.8 Å². The van der Waals surface area contributed by atoms with E-state index in [1.807, 2.05) is 29.2 Å². The minimum Gasteiger partial charge on any atom is -0.378 e. The highest BCUT2D eigenvalue weighted by molar-refractivity contribution is 7.99. The highest BCUT2D eigenvalue weighted by Gasteiger charge is 2.45. The predicted molar refractivity (Wildman–Crippen MR) is 281 cm³/mol. The molecular formula is C54H72N10O10S. The number of thioether (sulfide) groups is 1. The molecule has 21 heteroatoms. The fourth-order valence-electron chi connectivity index (χ4n) is 10.3. The minimum atomic E-state index is -0.994. The molecule has 2 aromatic heterocycles. The molecule has 4 fully saturated rings. The predicted octanol–water partition coefficient (Wildman–Crippen LogP) is 3.57. The van der Waals surface area contributed by atoms with Crippen LogP contribution in [0.3, 0.4) is 0 Å². The number of amides is 6. The maximum Gasteiger partial charge on any atom is 0.274 e. The molecule has 5 aliphatic heterocycles. The number of hydrogen-bond acceptors (Lipinski definition) is 17. The van der Waals surface area contributed by atoms with Gasteiger partial charge >= 0.3 is 0 Å². The Morgan fingerprint density at radius 1 is 0.747 bits per heavy atom. The maximum absolute atomic E-state index is 13.3. The number of carbonyl (C=O) groups excluding carboxylic acids is 6. The molecule has 8 rings (SSSR count). The quantitative estimate of drug-likeness (QED) is 0.0483. The molecule has 3 aromatic rings. The molecule has 0 saturated carbocycles. The smallest absolute Gasteiger partial charge is 0.274 e. The number of benzene rings is 1. The van der Waals surface area contributed by atoms with Crippen molar-refractivity contribution in [1.29, 1.82) is 0 Å². The van der Waals surface area contributed by atoms with Crippen LogP contribution in [0.4, 0.5) is 5.82 Å². The Bertz CT molecular complexity index is 2390. The fraction of sp³-hybridized carbons (Fsp3) is 0.574. The van der Waals surface area contributed by atoms with Crippen molar-refractivity contribution in [1.82, 2.24) is 45.4 Å². The summed E-state index contributed by atoms with van der Waals surface area (Å²) in [6.07, 6.45) is 14.1. The standard InChI is InChI=1S/C54H72N10O10S/c65-48(13-9-41-6-4-19-55-39-41)56-20-2-1-5-40-15-21-63(22-16-40)53(69)44-10-12-47(59-58-44)62-23-17-42(18-24-62)61-27-25-60(26-28-61)29-30-71-31-32-72-33-34-73-35-36-74-37-38-75-46-8-3-7-43-50(46)54(70)64(52(43)68)45-11-14-49(66)57-51(45)67/h3-4,6-10,12-13,19,39-40,42,45H,1-2,5,11,14-18,20-38H2,(H,56,65)(H,57,66,67)/b13-9+. The van der Waals surface area contributed by atoms with E-state index < -0.39 is 29.7 Å². The van der Waals surface area contributed by atoms with Crippen LogP contribution in [-0.4, -0.2) is 206 Å². The number of rotatable bonds is 27. The van der Waals surface area contributed by atoms with Crippen molar-refractivity contribution in [3.8, 4) is 0 Å². The summed E-state index contributed by atoms with van der Waals surface area (Å²) in [5, 5.41) is 14.1. The lowest BCUT2D eigenvalue weighted by molar-refractivity contribution is -0.136. The Balaban J connectivity index is 0.590. The fourth-order valence-corrected chi connectivity index (χ4v) is 11.2. The summed E-state index contributed by atoms with van der Waals surface area (Å²) in [5.74, 6) is -0.230. The van der Waals surface area contributed by atoms with Crippen LogP contribution in [0.5, 0.6) is 0 Å². The minimum absolute atomic E-state index is 0.0435. The van der Waals surface area contributed by atoms with E-state index in [0.717, 1.165) is 120 Å². The number of aromatic nitrogens is 3. The van der Waals surface area contributed by atoms with Crippen LogP contribution < -0.4 is 15.5 Å². The van der Waals surface area contributed by atoms with E-state index in [4.69, 9.17) is 18.9 Å². The zero-order valence-corrected chi connectivity index (χ0v) is 43.8. The number of piperidine rings is 3. The van der Waals surface area contributed by atoms with Crippen LogP contribution in [-0.2, 0) is 33.3 Å². The van der Waals surface area contributed by atoms with Crippen LogP contribution >= 0.6 is 11.8 Å². The Hall–Kier alpha value is -5.68. The number of hydrogen-bond donors (Lipinski definition) is 2. The first-order valence-corrected chi connectivity index (χ1v) is 27.7. The van der Waals surface area contributed by atoms with Crippen molar-refractivity contribution in [2.75, 3.05) is 129 Å². The molecule has 0 bridgehead atoms. The molecule has 404 valence electrons. The Morgan fingerprint density at radius 3 is 2.17 bits per heavy atom. The summed E-state index contributed by atoms with van der Waals surface area (Å²) in [6.45, 7) is 12.8. The zero-order valence-electron chi connectivity index (χ0n) is 43.0. The number of anilines is 1. The van der Waals surface area contributed by atoms with Gasteiger partial charge in [0.1, 0.15) is 6.04 Å². The lowest BCUT2D eigenvalue weighted by atomic mass is 9.91. The largest absolute Gasteiger partial charge is 0.378 e. The molecule has 0 aliphatic carbocycles. The molecule has 0 radical (unpaired) electrons. The first-order chi connectivity index (χ1) is 36.7. The SMILES string of the molecule is O=C(/C=C/c1cccnc1)NCCCCC1CCN(C(=O)c2ccc(N3CCC(N4CCN(CCOCCOCCOCCOCCSc5cccc6c5C(=O)N(C5CCC(=O)NC5=O)C6=O)CC4)CC3)nn2)CC1. The maximum atomic E-state index is 13.3. The van der Waals surface area contributed by atoms with Gasteiger partial charge in [0.2, 0.25) is 17.7 Å². The average molecular weight is 1050 g/mol. The van der Waals surface area contributed by atoms with Crippen molar-refractivity contribution in [3.63, 3.8) is 0 Å². The number of unbranched alkanes of at least 4 members (excludes halogenated alkanes) is 1. The molecule has 1 unspecified atom stereocenters. The number of imide groups is 2. The highest BCUT2D eigenvalue weighted by atomic mass is 32.2. The van der Waals surface area contributed by atoms with Crippen LogP contribution in [0, 0.1) is 5.92 Å². The average Bonchev–Trinajstić information content (AvgIpc) is 3.70. The lowest BCUT2D eigenvalue weighted by Gasteiger charge is -2.43. The van der Waals surface area contributed by atoms with Gasteiger partial charge in [0.15, 0.2) is 11.5 Å². The molecule has 20 nitrogen and oxygen atoms in total. The Labute approximate surface area is 443 Å². The zero-order chi connectivity index (χ0) is 52.2. The van der Waals surface area contributed by atoms with E-state index in [0.29, 0.717) is 87.7 Å². The third-order valence-corrected chi connectivity index (χ3v) is 15.5. The number of fused-ring (bicyclic) bond motifs is 1. The first kappa shape index (κ1) is 55.5. The molecular weight excluding hydrogens is 981 g/mol. The third kappa shape index (κ3) is 16.2. The molecule has 1 atom stereocenters. The van der Waals surface area contributed by atoms with Gasteiger partial charge in [-0.15, -0.1) is 22.0 Å². The van der Waals surface area contributed by atoms with Gasteiger partial charge in [0, 0.05) is 107 Å². The van der Waals surface area contributed by atoms with Crippen LogP contribution in [0.15, 0.2) is 65.8 Å². The van der Waals surface area contributed by atoms with E-state index in [-0.39, 0.29) is 35.8 Å². The van der Waals surface area contributed by atoms with Crippen molar-refractivity contribution in [2.45, 2.75) is 74.8 Å². The van der Waals surface area contributed by atoms with Crippen molar-refractivity contribution >= 4 is 59.1 Å². The van der Waals surface area contributed by atoms with Gasteiger partial charge in [-0.05, 0) is 86.4 Å². The topological polar surface area (TPSA) is 218 Å². The molecule has 75 heavy (non-hydrogen) atoms. The number of piperazine rings is 1. The van der Waals surface area contributed by atoms with Crippen LogP contribution in [0.2, 0.25) is 0 Å². The van der Waals surface area contributed by atoms with E-state index >= 15 is 0 Å². The summed E-state index contributed by atoms with van der Waals surface area (Å²) in [4.78, 5) is 90.7. The molecule has 0 spiro atoms. The van der Waals surface area contributed by atoms with Gasteiger partial charge in [-0.2, -0.15) is 0 Å². The van der Waals surface area contributed by atoms with E-state index in [2.05, 4.69) is 40.5 Å². The van der Waals surface area contributed by atoms with Crippen molar-refractivity contribution in [3.05, 3.63) is 83.3 Å². The lowest BCUT2D eigenvalue weighted by Crippen LogP contribution is -2.54. The van der Waals surface area contributed by atoms with Gasteiger partial charge in [-0.1, -0.05) is 25.0 Å². The molecule has 2 N–H and O–H groups in total. The number of nitrogens with zero attached hydrogens (tertiary/aromatic N) is 8. The van der Waals surface area contributed by atoms with Crippen LogP contribution in [0.1, 0.15) is 94.6 Å². The van der Waals surface area contributed by atoms with E-state index in [1.54, 1.807) is 42.7 Å². The molecule has 6 amide bonds. The summed E-state index contributed by atoms with van der Waals surface area (Å²) >= 11 is 1.41. The molecule has 5 aliphatic rings. The monoisotopic (exact) mass is 1050 g/mol. The van der Waals surface area contributed by atoms with Gasteiger partial charge in [-0.3, -0.25) is 53.8 Å². The second kappa shape index (κ2) is 29.0. The normalized spacial score (nSPS) is 19.3. The van der Waals surface area contributed by atoms with Crippen molar-refractivity contribution < 1.29 is 47.7 Å². The number of ether oxygens (including phenoxy) is 4. The summed E-state index contributed by atoms with van der Waals surface area (Å²) in [6, 6.07) is 12.2. The second-order valence-corrected chi connectivity index (χ2v) is 20.6. The number of carbonyl (C=O) groups is 6. The van der Waals surface area contributed by atoms with E-state index in [9.17, 15) is 28.8 Å². The summed E-state index contributed by atoms with van der Waals surface area (Å²) in [7, 11) is 0. The Kier molecular flexibility index (Phi) is 21.5. The van der Waals surface area contributed by atoms with Gasteiger partial charge in [0.25, 0.3) is 17.7 Å².